The summed E-state index contributed by atoms with van der Waals surface area (Å²) in [5, 5.41) is 6.54. The highest BCUT2D eigenvalue weighted by Gasteiger charge is 2.01. The predicted molar refractivity (Wildman–Crippen MR) is 51.6 cm³/mol. The molecule has 2 heterocycles. The number of hydrogen-bond acceptors (Lipinski definition) is 4. The second kappa shape index (κ2) is 3.78. The Balaban J connectivity index is 1.99. The zero-order chi connectivity index (χ0) is 9.80. The smallest absolute Gasteiger partial charge is 0.138 e. The molecule has 0 aliphatic heterocycles. The van der Waals surface area contributed by atoms with Crippen LogP contribution in [0.3, 0.4) is 0 Å². The number of nitrogens with zero attached hydrogens (tertiary/aromatic N) is 2. The van der Waals surface area contributed by atoms with Crippen LogP contribution in [0.4, 0.5) is 5.69 Å². The maximum absolute atomic E-state index is 5.62. The zero-order valence-corrected chi connectivity index (χ0v) is 7.47. The fraction of sp³-hybridized carbons (Fsp3) is 0.111. The van der Waals surface area contributed by atoms with Crippen molar-refractivity contribution in [1.29, 1.82) is 0 Å². The summed E-state index contributed by atoms with van der Waals surface area (Å²) in [6, 6.07) is 3.64. The van der Waals surface area contributed by atoms with Crippen LogP contribution in [-0.4, -0.2) is 15.2 Å². The molecule has 3 N–H and O–H groups in total. The lowest BCUT2D eigenvalue weighted by atomic mass is 10.4. The molecule has 0 unspecified atom stereocenters. The van der Waals surface area contributed by atoms with Crippen LogP contribution >= 0.6 is 0 Å². The van der Waals surface area contributed by atoms with E-state index in [1.165, 1.54) is 0 Å². The Morgan fingerprint density at radius 2 is 2.36 bits per heavy atom. The Morgan fingerprint density at radius 1 is 1.43 bits per heavy atom. The second-order valence-electron chi connectivity index (χ2n) is 2.78. The molecule has 0 aliphatic carbocycles. The molecule has 0 spiro atoms. The number of nitrogen functional groups attached to an aromatic ring is 1. The van der Waals surface area contributed by atoms with Crippen LogP contribution < -0.4 is 10.5 Å². The summed E-state index contributed by atoms with van der Waals surface area (Å²) in [7, 11) is 0. The van der Waals surface area contributed by atoms with Crippen molar-refractivity contribution < 1.29 is 4.74 Å². The number of aromatic nitrogens is 3. The van der Waals surface area contributed by atoms with Crippen LogP contribution in [0.1, 0.15) is 5.69 Å². The van der Waals surface area contributed by atoms with Gasteiger partial charge >= 0.3 is 0 Å². The molecule has 0 aromatic carbocycles. The monoisotopic (exact) mass is 190 g/mol. The van der Waals surface area contributed by atoms with Gasteiger partial charge in [0, 0.05) is 6.20 Å². The van der Waals surface area contributed by atoms with Gasteiger partial charge in [-0.05, 0) is 12.1 Å². The van der Waals surface area contributed by atoms with Crippen LogP contribution in [0.2, 0.25) is 0 Å². The third-order valence-electron chi connectivity index (χ3n) is 1.77. The number of H-pyrrole nitrogens is 1. The van der Waals surface area contributed by atoms with Crippen molar-refractivity contribution in [3.63, 3.8) is 0 Å². The van der Waals surface area contributed by atoms with Gasteiger partial charge in [0.2, 0.25) is 0 Å². The number of nitrogens with one attached hydrogen (secondary N) is 1. The summed E-state index contributed by atoms with van der Waals surface area (Å²) in [5.74, 6) is 0.710. The van der Waals surface area contributed by atoms with Gasteiger partial charge in [0.25, 0.3) is 0 Å². The van der Waals surface area contributed by atoms with Gasteiger partial charge in [-0.3, -0.25) is 10.1 Å². The summed E-state index contributed by atoms with van der Waals surface area (Å²) in [4.78, 5) is 3.92. The number of pyridine rings is 1. The average Bonchev–Trinajstić information content (AvgIpc) is 2.63. The van der Waals surface area contributed by atoms with E-state index in [4.69, 9.17) is 10.5 Å². The molecular weight excluding hydrogens is 180 g/mol. The number of nitrogens with two attached hydrogens (primary N) is 1. The van der Waals surface area contributed by atoms with Gasteiger partial charge in [-0.1, -0.05) is 0 Å². The first-order valence-corrected chi connectivity index (χ1v) is 4.17. The molecule has 2 aromatic heterocycles. The summed E-state index contributed by atoms with van der Waals surface area (Å²) in [5.41, 5.74) is 6.99. The van der Waals surface area contributed by atoms with Gasteiger partial charge < -0.3 is 10.5 Å². The SMILES string of the molecule is Nc1cn[nH]c1COc1cccnc1. The molecular formula is C9H10N4O. The minimum atomic E-state index is 0.373. The molecule has 0 saturated carbocycles. The summed E-state index contributed by atoms with van der Waals surface area (Å²) in [6.45, 7) is 0.373. The number of aromatic amines is 1. The van der Waals surface area contributed by atoms with Crippen LogP contribution in [0.15, 0.2) is 30.7 Å². The molecule has 72 valence electrons. The topological polar surface area (TPSA) is 76.8 Å². The van der Waals surface area contributed by atoms with Crippen molar-refractivity contribution in [3.05, 3.63) is 36.4 Å². The molecule has 0 aliphatic rings. The van der Waals surface area contributed by atoms with Gasteiger partial charge in [-0.2, -0.15) is 5.10 Å². The van der Waals surface area contributed by atoms with E-state index in [0.29, 0.717) is 18.0 Å². The van der Waals surface area contributed by atoms with Gasteiger partial charge in [-0.15, -0.1) is 0 Å². The van der Waals surface area contributed by atoms with Crippen molar-refractivity contribution in [2.75, 3.05) is 5.73 Å². The van der Waals surface area contributed by atoms with E-state index in [0.717, 1.165) is 5.69 Å². The molecule has 5 heteroatoms. The minimum Gasteiger partial charge on any atom is -0.486 e. The molecule has 2 rings (SSSR count). The number of rotatable bonds is 3. The number of ether oxygens (including phenoxy) is 1. The fourth-order valence-electron chi connectivity index (χ4n) is 1.03. The first-order chi connectivity index (χ1) is 6.86. The highest BCUT2D eigenvalue weighted by Crippen LogP contribution is 2.12. The summed E-state index contributed by atoms with van der Waals surface area (Å²) in [6.07, 6.45) is 4.89. The highest BCUT2D eigenvalue weighted by molar-refractivity contribution is 5.39. The maximum atomic E-state index is 5.62. The molecule has 0 saturated heterocycles. The summed E-state index contributed by atoms with van der Waals surface area (Å²) >= 11 is 0. The Labute approximate surface area is 80.9 Å². The standard InChI is InChI=1S/C9H10N4O/c10-8-5-12-13-9(8)6-14-7-2-1-3-11-4-7/h1-5H,6,10H2,(H,12,13). The van der Waals surface area contributed by atoms with Crippen molar-refractivity contribution >= 4 is 5.69 Å². The molecule has 14 heavy (non-hydrogen) atoms. The third-order valence-corrected chi connectivity index (χ3v) is 1.77. The Kier molecular flexibility index (Phi) is 2.31. The van der Waals surface area contributed by atoms with Crippen LogP contribution in [0, 0.1) is 0 Å². The second-order valence-corrected chi connectivity index (χ2v) is 2.78. The van der Waals surface area contributed by atoms with Crippen molar-refractivity contribution in [2.24, 2.45) is 0 Å². The Bertz CT molecular complexity index is 398. The van der Waals surface area contributed by atoms with Crippen LogP contribution in [0.5, 0.6) is 5.75 Å². The normalized spacial score (nSPS) is 10.0. The fourth-order valence-corrected chi connectivity index (χ4v) is 1.03. The van der Waals surface area contributed by atoms with Gasteiger partial charge in [0.15, 0.2) is 0 Å². The molecule has 0 bridgehead atoms. The van der Waals surface area contributed by atoms with E-state index >= 15 is 0 Å². The van der Waals surface area contributed by atoms with E-state index in [1.54, 1.807) is 18.6 Å². The first-order valence-electron chi connectivity index (χ1n) is 4.17. The Hall–Kier alpha value is -2.04. The van der Waals surface area contributed by atoms with E-state index in [-0.39, 0.29) is 0 Å². The lowest BCUT2D eigenvalue weighted by molar-refractivity contribution is 0.300. The van der Waals surface area contributed by atoms with E-state index in [9.17, 15) is 0 Å². The molecule has 2 aromatic rings. The lowest BCUT2D eigenvalue weighted by Crippen LogP contribution is -1.99. The van der Waals surface area contributed by atoms with E-state index in [1.807, 2.05) is 12.1 Å². The largest absolute Gasteiger partial charge is 0.486 e. The number of anilines is 1. The maximum Gasteiger partial charge on any atom is 0.138 e. The van der Waals surface area contributed by atoms with Crippen molar-refractivity contribution in [2.45, 2.75) is 6.61 Å². The van der Waals surface area contributed by atoms with E-state index in [2.05, 4.69) is 15.2 Å². The molecule has 0 atom stereocenters. The minimum absolute atomic E-state index is 0.373. The Morgan fingerprint density at radius 3 is 3.00 bits per heavy atom. The molecule has 0 amide bonds. The quantitative estimate of drug-likeness (QED) is 0.755. The van der Waals surface area contributed by atoms with Crippen molar-refractivity contribution in [3.8, 4) is 5.75 Å². The third kappa shape index (κ3) is 1.82. The predicted octanol–water partition coefficient (Wildman–Crippen LogP) is 0.966. The lowest BCUT2D eigenvalue weighted by Gasteiger charge is -2.03. The summed E-state index contributed by atoms with van der Waals surface area (Å²) < 4.78 is 5.42. The van der Waals surface area contributed by atoms with Crippen LogP contribution in [-0.2, 0) is 6.61 Å². The molecule has 0 radical (unpaired) electrons. The molecule has 0 fully saturated rings. The van der Waals surface area contributed by atoms with E-state index < -0.39 is 0 Å². The zero-order valence-electron chi connectivity index (χ0n) is 7.47. The van der Waals surface area contributed by atoms with Gasteiger partial charge in [0.05, 0.1) is 23.8 Å². The van der Waals surface area contributed by atoms with Crippen molar-refractivity contribution in [1.82, 2.24) is 15.2 Å². The first kappa shape index (κ1) is 8.55. The average molecular weight is 190 g/mol. The van der Waals surface area contributed by atoms with Gasteiger partial charge in [0.1, 0.15) is 12.4 Å². The van der Waals surface area contributed by atoms with Crippen LogP contribution in [0.25, 0.3) is 0 Å². The van der Waals surface area contributed by atoms with Gasteiger partial charge in [-0.25, -0.2) is 0 Å². The highest BCUT2D eigenvalue weighted by atomic mass is 16.5. The molecule has 5 nitrogen and oxygen atoms in total. The number of hydrogen-bond donors (Lipinski definition) is 2.